The summed E-state index contributed by atoms with van der Waals surface area (Å²) >= 11 is 0.763. The molecule has 2 unspecified atom stereocenters. The SMILES string of the molecule is CC(C)CNC1CCC(C)S(=O)(=O)c2sc(S(N)(=O)=O)cc21.Cl. The van der Waals surface area contributed by atoms with Crippen molar-refractivity contribution in [1.29, 1.82) is 0 Å². The van der Waals surface area contributed by atoms with E-state index in [9.17, 15) is 16.8 Å². The summed E-state index contributed by atoms with van der Waals surface area (Å²) in [6, 6.07) is 1.26. The predicted molar refractivity (Wildman–Crippen MR) is 94.4 cm³/mol. The first-order chi connectivity index (χ1) is 10.0. The Labute approximate surface area is 148 Å². The van der Waals surface area contributed by atoms with E-state index < -0.39 is 25.1 Å². The summed E-state index contributed by atoms with van der Waals surface area (Å²) in [5.74, 6) is 0.414. The van der Waals surface area contributed by atoms with Gasteiger partial charge in [-0.15, -0.1) is 23.7 Å². The normalized spacial score (nSPS) is 23.9. The number of fused-ring (bicyclic) bond motifs is 1. The van der Waals surface area contributed by atoms with Gasteiger partial charge in [0, 0.05) is 6.04 Å². The molecule has 134 valence electrons. The minimum Gasteiger partial charge on any atom is -0.310 e. The van der Waals surface area contributed by atoms with Gasteiger partial charge in [-0.2, -0.15) is 0 Å². The number of sulfone groups is 1. The van der Waals surface area contributed by atoms with Gasteiger partial charge < -0.3 is 5.32 Å². The molecule has 0 amide bonds. The van der Waals surface area contributed by atoms with Gasteiger partial charge in [-0.3, -0.25) is 0 Å². The van der Waals surface area contributed by atoms with Crippen LogP contribution >= 0.6 is 23.7 Å². The Morgan fingerprint density at radius 1 is 1.39 bits per heavy atom. The number of thiophene rings is 1. The van der Waals surface area contributed by atoms with Gasteiger partial charge in [0.25, 0.3) is 0 Å². The average molecular weight is 403 g/mol. The van der Waals surface area contributed by atoms with Crippen LogP contribution in [0.15, 0.2) is 14.5 Å². The van der Waals surface area contributed by atoms with E-state index in [1.54, 1.807) is 6.92 Å². The molecule has 10 heteroatoms. The molecule has 1 aliphatic rings. The van der Waals surface area contributed by atoms with Crippen LogP contribution in [0, 0.1) is 5.92 Å². The van der Waals surface area contributed by atoms with Gasteiger partial charge in [0.2, 0.25) is 10.0 Å². The number of rotatable bonds is 4. The minimum atomic E-state index is -3.90. The Hall–Kier alpha value is -0.190. The summed E-state index contributed by atoms with van der Waals surface area (Å²) < 4.78 is 48.4. The highest BCUT2D eigenvalue weighted by molar-refractivity contribution is 7.95. The molecule has 2 heterocycles. The van der Waals surface area contributed by atoms with Gasteiger partial charge in [0.1, 0.15) is 8.42 Å². The monoisotopic (exact) mass is 402 g/mol. The number of nitrogens with one attached hydrogen (secondary N) is 1. The third-order valence-corrected chi connectivity index (χ3v) is 9.14. The van der Waals surface area contributed by atoms with Gasteiger partial charge in [0.05, 0.1) is 5.25 Å². The zero-order valence-corrected chi connectivity index (χ0v) is 16.5. The molecule has 23 heavy (non-hydrogen) atoms. The first-order valence-electron chi connectivity index (χ1n) is 7.17. The number of hydrogen-bond donors (Lipinski definition) is 2. The van der Waals surface area contributed by atoms with Crippen LogP contribution in [0.2, 0.25) is 0 Å². The molecule has 0 saturated carbocycles. The molecule has 0 bridgehead atoms. The molecule has 0 radical (unpaired) electrons. The Morgan fingerprint density at radius 2 is 2.00 bits per heavy atom. The number of primary sulfonamides is 1. The average Bonchev–Trinajstić information content (AvgIpc) is 2.80. The zero-order valence-electron chi connectivity index (χ0n) is 13.3. The quantitative estimate of drug-likeness (QED) is 0.801. The second-order valence-electron chi connectivity index (χ2n) is 6.14. The summed E-state index contributed by atoms with van der Waals surface area (Å²) in [7, 11) is -7.41. The molecule has 1 aromatic heterocycles. The lowest BCUT2D eigenvalue weighted by Crippen LogP contribution is -2.25. The molecule has 0 aromatic carbocycles. The van der Waals surface area contributed by atoms with Crippen molar-refractivity contribution in [3.05, 3.63) is 11.6 Å². The van der Waals surface area contributed by atoms with E-state index in [4.69, 9.17) is 5.14 Å². The molecule has 2 rings (SSSR count). The molecule has 2 atom stereocenters. The fraction of sp³-hybridized carbons (Fsp3) is 0.692. The second-order valence-corrected chi connectivity index (χ2v) is 11.5. The van der Waals surface area contributed by atoms with Crippen LogP contribution < -0.4 is 10.5 Å². The van der Waals surface area contributed by atoms with E-state index in [1.165, 1.54) is 6.07 Å². The number of sulfonamides is 1. The van der Waals surface area contributed by atoms with Crippen molar-refractivity contribution in [2.24, 2.45) is 11.1 Å². The molecule has 6 nitrogen and oxygen atoms in total. The molecular formula is C13H23ClN2O4S3. The van der Waals surface area contributed by atoms with Crippen LogP contribution in [0.25, 0.3) is 0 Å². The highest BCUT2D eigenvalue weighted by Gasteiger charge is 2.36. The van der Waals surface area contributed by atoms with E-state index in [0.29, 0.717) is 24.3 Å². The zero-order chi connectivity index (χ0) is 16.7. The second kappa shape index (κ2) is 7.37. The van der Waals surface area contributed by atoms with E-state index in [-0.39, 0.29) is 26.9 Å². The van der Waals surface area contributed by atoms with Crippen molar-refractivity contribution in [3.8, 4) is 0 Å². The van der Waals surface area contributed by atoms with Crippen LogP contribution in [0.4, 0.5) is 0 Å². The lowest BCUT2D eigenvalue weighted by Gasteiger charge is -2.18. The smallest absolute Gasteiger partial charge is 0.247 e. The van der Waals surface area contributed by atoms with Gasteiger partial charge in [-0.25, -0.2) is 22.0 Å². The summed E-state index contributed by atoms with van der Waals surface area (Å²) in [5, 5.41) is 7.99. The Balaban J connectivity index is 0.00000264. The van der Waals surface area contributed by atoms with E-state index in [2.05, 4.69) is 19.2 Å². The van der Waals surface area contributed by atoms with Crippen LogP contribution in [0.3, 0.4) is 0 Å². The molecule has 1 aliphatic heterocycles. The minimum absolute atomic E-state index is 0. The third kappa shape index (κ3) is 4.46. The van der Waals surface area contributed by atoms with E-state index >= 15 is 0 Å². The van der Waals surface area contributed by atoms with Crippen molar-refractivity contribution in [2.75, 3.05) is 6.54 Å². The lowest BCUT2D eigenvalue weighted by molar-refractivity contribution is 0.443. The summed E-state index contributed by atoms with van der Waals surface area (Å²) in [4.78, 5) is 0. The van der Waals surface area contributed by atoms with Gasteiger partial charge >= 0.3 is 0 Å². The summed E-state index contributed by atoms with van der Waals surface area (Å²) in [6.45, 7) is 6.53. The highest BCUT2D eigenvalue weighted by atomic mass is 35.5. The number of halogens is 1. The Kier molecular flexibility index (Phi) is 6.68. The molecule has 0 spiro atoms. The van der Waals surface area contributed by atoms with Gasteiger partial charge in [-0.1, -0.05) is 13.8 Å². The maximum atomic E-state index is 12.6. The first kappa shape index (κ1) is 20.9. The maximum absolute atomic E-state index is 12.6. The van der Waals surface area contributed by atoms with Crippen molar-refractivity contribution < 1.29 is 16.8 Å². The van der Waals surface area contributed by atoms with Crippen molar-refractivity contribution in [1.82, 2.24) is 5.32 Å². The standard InChI is InChI=1S/C13H22N2O4S3.ClH/c1-8(2)7-15-11-5-4-9(3)21(16,17)13-10(11)6-12(20-13)22(14,18)19;/h6,8-9,11,15H,4-5,7H2,1-3H3,(H2,14,18,19);1H. The predicted octanol–water partition coefficient (Wildman–Crippen LogP) is 2.06. The van der Waals surface area contributed by atoms with Crippen molar-refractivity contribution in [3.63, 3.8) is 0 Å². The van der Waals surface area contributed by atoms with Crippen LogP contribution in [-0.4, -0.2) is 28.6 Å². The Bertz CT molecular complexity index is 756. The maximum Gasteiger partial charge on any atom is 0.247 e. The molecular weight excluding hydrogens is 380 g/mol. The van der Waals surface area contributed by atoms with Crippen LogP contribution in [0.1, 0.15) is 45.2 Å². The summed E-state index contributed by atoms with van der Waals surface area (Å²) in [6.07, 6.45) is 1.20. The molecule has 0 aliphatic carbocycles. The fourth-order valence-corrected chi connectivity index (χ4v) is 6.88. The lowest BCUT2D eigenvalue weighted by atomic mass is 10.0. The van der Waals surface area contributed by atoms with Crippen molar-refractivity contribution >= 4 is 43.6 Å². The molecule has 0 saturated heterocycles. The largest absolute Gasteiger partial charge is 0.310 e. The van der Waals surface area contributed by atoms with Gasteiger partial charge in [0.15, 0.2) is 9.84 Å². The molecule has 1 aromatic rings. The van der Waals surface area contributed by atoms with Crippen LogP contribution in [0.5, 0.6) is 0 Å². The van der Waals surface area contributed by atoms with Crippen LogP contribution in [-0.2, 0) is 19.9 Å². The highest BCUT2D eigenvalue weighted by Crippen LogP contribution is 2.41. The van der Waals surface area contributed by atoms with Crippen molar-refractivity contribution in [2.45, 2.75) is 53.3 Å². The number of hydrogen-bond acceptors (Lipinski definition) is 6. The number of nitrogens with two attached hydrogens (primary N) is 1. The third-order valence-electron chi connectivity index (χ3n) is 3.78. The van der Waals surface area contributed by atoms with E-state index in [0.717, 1.165) is 17.9 Å². The summed E-state index contributed by atoms with van der Waals surface area (Å²) in [5.41, 5.74) is 0.541. The topological polar surface area (TPSA) is 106 Å². The fourth-order valence-electron chi connectivity index (χ4n) is 2.46. The first-order valence-corrected chi connectivity index (χ1v) is 11.1. The molecule has 0 fully saturated rings. The van der Waals surface area contributed by atoms with Gasteiger partial charge in [-0.05, 0) is 43.9 Å². The van der Waals surface area contributed by atoms with E-state index in [1.807, 2.05) is 0 Å². The Morgan fingerprint density at radius 3 is 2.52 bits per heavy atom. The molecule has 3 N–H and O–H groups in total.